The summed E-state index contributed by atoms with van der Waals surface area (Å²) in [5, 5.41) is 5.30. The zero-order valence-electron chi connectivity index (χ0n) is 15.7. The summed E-state index contributed by atoms with van der Waals surface area (Å²) in [6.45, 7) is 4.73. The molecule has 0 heterocycles. The van der Waals surface area contributed by atoms with E-state index in [1.807, 2.05) is 19.1 Å². The van der Waals surface area contributed by atoms with Gasteiger partial charge >= 0.3 is 0 Å². The highest BCUT2D eigenvalue weighted by Crippen LogP contribution is 2.24. The number of aryl methyl sites for hydroxylation is 2. The molecule has 8 heteroatoms. The van der Waals surface area contributed by atoms with Crippen LogP contribution in [0.3, 0.4) is 0 Å². The molecule has 144 valence electrons. The summed E-state index contributed by atoms with van der Waals surface area (Å²) in [7, 11) is -3.64. The minimum absolute atomic E-state index is 0.191. The first kappa shape index (κ1) is 20.4. The number of hydrogen-bond donors (Lipinski definition) is 2. The van der Waals surface area contributed by atoms with Crippen LogP contribution in [0.15, 0.2) is 42.5 Å². The lowest BCUT2D eigenvalue weighted by atomic mass is 10.1. The third-order valence-electron chi connectivity index (χ3n) is 3.81. The maximum Gasteiger partial charge on any atom is 0.245 e. The zero-order chi connectivity index (χ0) is 20.2. The van der Waals surface area contributed by atoms with Crippen molar-refractivity contribution >= 4 is 38.9 Å². The Labute approximate surface area is 159 Å². The average molecular weight is 389 g/mol. The molecule has 0 fully saturated rings. The highest BCUT2D eigenvalue weighted by Gasteiger charge is 2.22. The molecule has 0 aliphatic carbocycles. The summed E-state index contributed by atoms with van der Waals surface area (Å²) in [6.07, 6.45) is 1.07. The van der Waals surface area contributed by atoms with E-state index in [9.17, 15) is 18.0 Å². The first-order valence-corrected chi connectivity index (χ1v) is 10.1. The van der Waals surface area contributed by atoms with Gasteiger partial charge in [0.2, 0.25) is 21.8 Å². The van der Waals surface area contributed by atoms with Gasteiger partial charge in [-0.3, -0.25) is 13.9 Å². The van der Waals surface area contributed by atoms with Crippen LogP contribution < -0.4 is 14.9 Å². The fourth-order valence-electron chi connectivity index (χ4n) is 2.54. The minimum atomic E-state index is -3.64. The van der Waals surface area contributed by atoms with Crippen molar-refractivity contribution in [3.05, 3.63) is 53.6 Å². The number of amides is 2. The molecule has 27 heavy (non-hydrogen) atoms. The lowest BCUT2D eigenvalue weighted by molar-refractivity contribution is -0.115. The molecule has 2 aromatic rings. The number of nitrogens with zero attached hydrogens (tertiary/aromatic N) is 1. The maximum atomic E-state index is 12.4. The fourth-order valence-corrected chi connectivity index (χ4v) is 3.45. The summed E-state index contributed by atoms with van der Waals surface area (Å²) in [6, 6.07) is 12.0. The smallest absolute Gasteiger partial charge is 0.245 e. The number of hydrogen-bond acceptors (Lipinski definition) is 4. The van der Waals surface area contributed by atoms with Gasteiger partial charge in [0.05, 0.1) is 11.9 Å². The molecule has 2 rings (SSSR count). The van der Waals surface area contributed by atoms with Crippen LogP contribution in [0.1, 0.15) is 18.1 Å². The van der Waals surface area contributed by atoms with Gasteiger partial charge in [-0.2, -0.15) is 0 Å². The van der Waals surface area contributed by atoms with E-state index in [0.717, 1.165) is 21.7 Å². The van der Waals surface area contributed by atoms with Crippen molar-refractivity contribution in [3.8, 4) is 0 Å². The molecule has 0 aromatic heterocycles. The molecule has 0 aliphatic rings. The molecule has 0 atom stereocenters. The van der Waals surface area contributed by atoms with Crippen LogP contribution in [0.5, 0.6) is 0 Å². The molecule has 0 radical (unpaired) electrons. The van der Waals surface area contributed by atoms with Gasteiger partial charge in [-0.05, 0) is 55.3 Å². The van der Waals surface area contributed by atoms with Gasteiger partial charge in [0.15, 0.2) is 0 Å². The summed E-state index contributed by atoms with van der Waals surface area (Å²) >= 11 is 0. The quantitative estimate of drug-likeness (QED) is 0.794. The monoisotopic (exact) mass is 389 g/mol. The number of carbonyl (C=O) groups excluding carboxylic acids is 2. The Hall–Kier alpha value is -2.87. The largest absolute Gasteiger partial charge is 0.326 e. The molecule has 0 spiro atoms. The van der Waals surface area contributed by atoms with Gasteiger partial charge in [-0.15, -0.1) is 0 Å². The molecular weight excluding hydrogens is 366 g/mol. The number of sulfonamides is 1. The van der Waals surface area contributed by atoms with E-state index in [1.54, 1.807) is 37.3 Å². The number of nitrogens with one attached hydrogen (secondary N) is 2. The lowest BCUT2D eigenvalue weighted by Gasteiger charge is -2.24. The van der Waals surface area contributed by atoms with E-state index in [-0.39, 0.29) is 12.5 Å². The molecular formula is C19H23N3O4S. The number of benzene rings is 2. The molecule has 2 N–H and O–H groups in total. The van der Waals surface area contributed by atoms with E-state index in [1.165, 1.54) is 6.92 Å². The SMILES string of the molecule is CC(=O)Nc1ccc(NC(=O)CN(c2cc(C)ccc2C)S(C)(=O)=O)cc1. The Balaban J connectivity index is 2.17. The lowest BCUT2D eigenvalue weighted by Crippen LogP contribution is -2.37. The Bertz CT molecular complexity index is 953. The standard InChI is InChI=1S/C19H23N3O4S/c1-13-5-6-14(2)18(11-13)22(27(4,25)26)12-19(24)21-17-9-7-16(8-10-17)20-15(3)23/h5-11H,12H2,1-4H3,(H,20,23)(H,21,24). The predicted molar refractivity (Wildman–Crippen MR) is 107 cm³/mol. The van der Waals surface area contributed by atoms with Crippen molar-refractivity contribution in [2.75, 3.05) is 27.7 Å². The van der Waals surface area contributed by atoms with E-state index < -0.39 is 15.9 Å². The Morgan fingerprint density at radius 2 is 1.52 bits per heavy atom. The van der Waals surface area contributed by atoms with Crippen LogP contribution in [0.2, 0.25) is 0 Å². The number of rotatable bonds is 6. The van der Waals surface area contributed by atoms with E-state index in [4.69, 9.17) is 0 Å². The van der Waals surface area contributed by atoms with E-state index >= 15 is 0 Å². The number of anilines is 3. The third-order valence-corrected chi connectivity index (χ3v) is 4.94. The van der Waals surface area contributed by atoms with Crippen LogP contribution >= 0.6 is 0 Å². The van der Waals surface area contributed by atoms with Crippen LogP contribution in [-0.4, -0.2) is 33.0 Å². The Kier molecular flexibility index (Phi) is 6.22. The normalized spacial score (nSPS) is 11.0. The third kappa shape index (κ3) is 5.82. The average Bonchev–Trinajstić information content (AvgIpc) is 2.55. The Morgan fingerprint density at radius 3 is 2.04 bits per heavy atom. The molecule has 0 aliphatic heterocycles. The molecule has 2 aromatic carbocycles. The van der Waals surface area contributed by atoms with Gasteiger partial charge in [-0.25, -0.2) is 8.42 Å². The van der Waals surface area contributed by atoms with Crippen molar-refractivity contribution in [3.63, 3.8) is 0 Å². The topological polar surface area (TPSA) is 95.6 Å². The van der Waals surface area contributed by atoms with Gasteiger partial charge < -0.3 is 10.6 Å². The molecule has 2 amide bonds. The highest BCUT2D eigenvalue weighted by atomic mass is 32.2. The van der Waals surface area contributed by atoms with Gasteiger partial charge in [-0.1, -0.05) is 12.1 Å². The highest BCUT2D eigenvalue weighted by molar-refractivity contribution is 7.92. The molecule has 0 unspecified atom stereocenters. The van der Waals surface area contributed by atoms with Crippen molar-refractivity contribution < 1.29 is 18.0 Å². The second-order valence-corrected chi connectivity index (χ2v) is 8.27. The zero-order valence-corrected chi connectivity index (χ0v) is 16.6. The second kappa shape index (κ2) is 8.22. The van der Waals surface area contributed by atoms with Crippen molar-refractivity contribution in [2.45, 2.75) is 20.8 Å². The molecule has 7 nitrogen and oxygen atoms in total. The number of carbonyl (C=O) groups is 2. The first-order chi connectivity index (χ1) is 12.6. The van der Waals surface area contributed by atoms with Gasteiger partial charge in [0.25, 0.3) is 0 Å². The van der Waals surface area contributed by atoms with Gasteiger partial charge in [0.1, 0.15) is 6.54 Å². The van der Waals surface area contributed by atoms with Crippen LogP contribution in [-0.2, 0) is 19.6 Å². The maximum absolute atomic E-state index is 12.4. The molecule has 0 saturated carbocycles. The van der Waals surface area contributed by atoms with E-state index in [2.05, 4.69) is 10.6 Å². The van der Waals surface area contributed by atoms with Crippen molar-refractivity contribution in [1.82, 2.24) is 0 Å². The van der Waals surface area contributed by atoms with Gasteiger partial charge in [0, 0.05) is 18.3 Å². The van der Waals surface area contributed by atoms with Crippen LogP contribution in [0.4, 0.5) is 17.1 Å². The molecule has 0 bridgehead atoms. The predicted octanol–water partition coefficient (Wildman–Crippen LogP) is 2.67. The fraction of sp³-hybridized carbons (Fsp3) is 0.263. The minimum Gasteiger partial charge on any atom is -0.326 e. The molecule has 0 saturated heterocycles. The van der Waals surface area contributed by atoms with Crippen LogP contribution in [0.25, 0.3) is 0 Å². The van der Waals surface area contributed by atoms with Crippen LogP contribution in [0, 0.1) is 13.8 Å². The van der Waals surface area contributed by atoms with Crippen molar-refractivity contribution in [2.24, 2.45) is 0 Å². The summed E-state index contributed by atoms with van der Waals surface area (Å²) < 4.78 is 25.6. The summed E-state index contributed by atoms with van der Waals surface area (Å²) in [4.78, 5) is 23.4. The van der Waals surface area contributed by atoms with E-state index in [0.29, 0.717) is 17.1 Å². The summed E-state index contributed by atoms with van der Waals surface area (Å²) in [5.41, 5.74) is 3.25. The van der Waals surface area contributed by atoms with Crippen molar-refractivity contribution in [1.29, 1.82) is 0 Å². The Morgan fingerprint density at radius 1 is 0.963 bits per heavy atom. The first-order valence-electron chi connectivity index (χ1n) is 8.29. The summed E-state index contributed by atoms with van der Waals surface area (Å²) in [5.74, 6) is -0.655. The second-order valence-electron chi connectivity index (χ2n) is 6.37.